The van der Waals surface area contributed by atoms with Gasteiger partial charge in [-0.25, -0.2) is 0 Å². The van der Waals surface area contributed by atoms with Crippen molar-refractivity contribution >= 4 is 17.7 Å². The first-order valence-corrected chi connectivity index (χ1v) is 7.29. The van der Waals surface area contributed by atoms with Crippen molar-refractivity contribution in [3.05, 3.63) is 59.2 Å². The highest BCUT2D eigenvalue weighted by molar-refractivity contribution is 6.09. The largest absolute Gasteiger partial charge is 0.493 e. The summed E-state index contributed by atoms with van der Waals surface area (Å²) in [5.41, 5.74) is 2.44. The first-order valence-electron chi connectivity index (χ1n) is 7.29. The molecule has 0 atom stereocenters. The molecule has 2 aromatic rings. The van der Waals surface area contributed by atoms with Gasteiger partial charge in [0, 0.05) is 11.8 Å². The maximum Gasteiger partial charge on any atom is 0.266 e. The molecule has 0 saturated heterocycles. The van der Waals surface area contributed by atoms with E-state index in [1.54, 1.807) is 24.3 Å². The summed E-state index contributed by atoms with van der Waals surface area (Å²) in [6, 6.07) is 14.5. The molecule has 0 aromatic heterocycles. The molecule has 0 bridgehead atoms. The Balaban J connectivity index is 2.21. The van der Waals surface area contributed by atoms with Crippen molar-refractivity contribution in [1.82, 2.24) is 0 Å². The maximum absolute atomic E-state index is 12.3. The SMILES string of the molecule is COc1ccc(NC(=O)/C(C#N)=C/c2ccc(C)cc2)cc1OC. The van der Waals surface area contributed by atoms with Gasteiger partial charge in [0.15, 0.2) is 11.5 Å². The highest BCUT2D eigenvalue weighted by atomic mass is 16.5. The van der Waals surface area contributed by atoms with E-state index in [1.807, 2.05) is 37.3 Å². The predicted molar refractivity (Wildman–Crippen MR) is 92.9 cm³/mol. The minimum Gasteiger partial charge on any atom is -0.493 e. The summed E-state index contributed by atoms with van der Waals surface area (Å²) in [6.45, 7) is 1.97. The lowest BCUT2D eigenvalue weighted by Gasteiger charge is -2.10. The second-order valence-electron chi connectivity index (χ2n) is 5.10. The number of hydrogen-bond acceptors (Lipinski definition) is 4. The monoisotopic (exact) mass is 322 g/mol. The molecule has 0 aliphatic rings. The summed E-state index contributed by atoms with van der Waals surface area (Å²) in [7, 11) is 3.05. The van der Waals surface area contributed by atoms with E-state index in [0.29, 0.717) is 17.2 Å². The van der Waals surface area contributed by atoms with Crippen molar-refractivity contribution in [3.8, 4) is 17.6 Å². The molecule has 1 N–H and O–H groups in total. The van der Waals surface area contributed by atoms with Crippen molar-refractivity contribution in [2.24, 2.45) is 0 Å². The molecule has 24 heavy (non-hydrogen) atoms. The van der Waals surface area contributed by atoms with Crippen LogP contribution in [0.2, 0.25) is 0 Å². The number of ether oxygens (including phenoxy) is 2. The summed E-state index contributed by atoms with van der Waals surface area (Å²) in [4.78, 5) is 12.3. The number of amides is 1. The fraction of sp³-hybridized carbons (Fsp3) is 0.158. The Morgan fingerprint density at radius 1 is 1.08 bits per heavy atom. The predicted octanol–water partition coefficient (Wildman–Crippen LogP) is 3.56. The number of nitriles is 1. The Kier molecular flexibility index (Phi) is 5.58. The highest BCUT2D eigenvalue weighted by Gasteiger charge is 2.11. The zero-order chi connectivity index (χ0) is 17.5. The van der Waals surface area contributed by atoms with Gasteiger partial charge in [-0.3, -0.25) is 4.79 Å². The van der Waals surface area contributed by atoms with Crippen LogP contribution in [0.25, 0.3) is 6.08 Å². The van der Waals surface area contributed by atoms with E-state index in [9.17, 15) is 10.1 Å². The summed E-state index contributed by atoms with van der Waals surface area (Å²) in [6.07, 6.45) is 1.55. The molecule has 5 heteroatoms. The van der Waals surface area contributed by atoms with Crippen molar-refractivity contribution in [2.75, 3.05) is 19.5 Å². The van der Waals surface area contributed by atoms with Gasteiger partial charge in [-0.15, -0.1) is 0 Å². The molecule has 2 aromatic carbocycles. The van der Waals surface area contributed by atoms with Crippen LogP contribution in [0.5, 0.6) is 11.5 Å². The number of nitrogens with zero attached hydrogens (tertiary/aromatic N) is 1. The molecule has 0 radical (unpaired) electrons. The van der Waals surface area contributed by atoms with Crippen LogP contribution in [0.4, 0.5) is 5.69 Å². The third-order valence-electron chi connectivity index (χ3n) is 3.39. The van der Waals surface area contributed by atoms with Crippen LogP contribution < -0.4 is 14.8 Å². The smallest absolute Gasteiger partial charge is 0.266 e. The minimum atomic E-state index is -0.481. The van der Waals surface area contributed by atoms with Crippen LogP contribution in [0.1, 0.15) is 11.1 Å². The molecule has 0 saturated carbocycles. The van der Waals surface area contributed by atoms with Gasteiger partial charge in [0.25, 0.3) is 5.91 Å². The van der Waals surface area contributed by atoms with Crippen molar-refractivity contribution < 1.29 is 14.3 Å². The first kappa shape index (κ1) is 17.1. The van der Waals surface area contributed by atoms with Crippen LogP contribution in [0.3, 0.4) is 0 Å². The van der Waals surface area contributed by atoms with E-state index in [0.717, 1.165) is 11.1 Å². The van der Waals surface area contributed by atoms with E-state index in [2.05, 4.69) is 5.32 Å². The molecular formula is C19H18N2O3. The van der Waals surface area contributed by atoms with Gasteiger partial charge in [0.1, 0.15) is 11.6 Å². The molecule has 0 unspecified atom stereocenters. The van der Waals surface area contributed by atoms with E-state index in [4.69, 9.17) is 9.47 Å². The molecular weight excluding hydrogens is 304 g/mol. The normalized spacial score (nSPS) is 10.7. The third-order valence-corrected chi connectivity index (χ3v) is 3.39. The third kappa shape index (κ3) is 4.14. The Morgan fingerprint density at radius 2 is 1.75 bits per heavy atom. The zero-order valence-electron chi connectivity index (χ0n) is 13.8. The number of hydrogen-bond donors (Lipinski definition) is 1. The maximum atomic E-state index is 12.3. The number of carbonyl (C=O) groups excluding carboxylic acids is 1. The lowest BCUT2D eigenvalue weighted by molar-refractivity contribution is -0.112. The lowest BCUT2D eigenvalue weighted by atomic mass is 10.1. The van der Waals surface area contributed by atoms with E-state index in [-0.39, 0.29) is 5.57 Å². The van der Waals surface area contributed by atoms with Crippen molar-refractivity contribution in [3.63, 3.8) is 0 Å². The number of aryl methyl sites for hydroxylation is 1. The molecule has 0 heterocycles. The second kappa shape index (κ2) is 7.84. The first-order chi connectivity index (χ1) is 11.6. The standard InChI is InChI=1S/C19H18N2O3/c1-13-4-6-14(7-5-13)10-15(12-20)19(22)21-16-8-9-17(23-2)18(11-16)24-3/h4-11H,1-3H3,(H,21,22)/b15-10+. The second-order valence-corrected chi connectivity index (χ2v) is 5.10. The highest BCUT2D eigenvalue weighted by Crippen LogP contribution is 2.29. The van der Waals surface area contributed by atoms with Gasteiger partial charge in [-0.05, 0) is 30.7 Å². The fourth-order valence-corrected chi connectivity index (χ4v) is 2.09. The number of anilines is 1. The Labute approximate surface area is 141 Å². The molecule has 0 fully saturated rings. The Bertz CT molecular complexity index is 802. The van der Waals surface area contributed by atoms with Crippen LogP contribution in [0, 0.1) is 18.3 Å². The van der Waals surface area contributed by atoms with Gasteiger partial charge in [-0.2, -0.15) is 5.26 Å². The fourth-order valence-electron chi connectivity index (χ4n) is 2.09. The Hall–Kier alpha value is -3.26. The lowest BCUT2D eigenvalue weighted by Crippen LogP contribution is -2.13. The number of carbonyl (C=O) groups is 1. The molecule has 0 aliphatic heterocycles. The average Bonchev–Trinajstić information content (AvgIpc) is 2.60. The van der Waals surface area contributed by atoms with Crippen molar-refractivity contribution in [2.45, 2.75) is 6.92 Å². The Morgan fingerprint density at radius 3 is 2.33 bits per heavy atom. The summed E-state index contributed by atoms with van der Waals surface area (Å²) < 4.78 is 10.3. The number of benzene rings is 2. The van der Waals surface area contributed by atoms with E-state index in [1.165, 1.54) is 14.2 Å². The molecule has 5 nitrogen and oxygen atoms in total. The molecule has 0 spiro atoms. The minimum absolute atomic E-state index is 0.0219. The molecule has 122 valence electrons. The molecule has 1 amide bonds. The van der Waals surface area contributed by atoms with Gasteiger partial charge < -0.3 is 14.8 Å². The van der Waals surface area contributed by atoms with Crippen LogP contribution >= 0.6 is 0 Å². The summed E-state index contributed by atoms with van der Waals surface area (Å²) in [5.74, 6) is 0.577. The number of rotatable bonds is 5. The van der Waals surface area contributed by atoms with Gasteiger partial charge in [0.05, 0.1) is 14.2 Å². The van der Waals surface area contributed by atoms with E-state index >= 15 is 0 Å². The zero-order valence-corrected chi connectivity index (χ0v) is 13.8. The molecule has 0 aliphatic carbocycles. The number of methoxy groups -OCH3 is 2. The van der Waals surface area contributed by atoms with Crippen LogP contribution in [-0.4, -0.2) is 20.1 Å². The van der Waals surface area contributed by atoms with Crippen LogP contribution in [0.15, 0.2) is 48.0 Å². The van der Waals surface area contributed by atoms with Gasteiger partial charge >= 0.3 is 0 Å². The van der Waals surface area contributed by atoms with Crippen molar-refractivity contribution in [1.29, 1.82) is 5.26 Å². The molecule has 2 rings (SSSR count). The average molecular weight is 322 g/mol. The van der Waals surface area contributed by atoms with Gasteiger partial charge in [0.2, 0.25) is 0 Å². The van der Waals surface area contributed by atoms with E-state index < -0.39 is 5.91 Å². The summed E-state index contributed by atoms with van der Waals surface area (Å²) in [5, 5.41) is 11.9. The number of nitrogens with one attached hydrogen (secondary N) is 1. The van der Waals surface area contributed by atoms with Crippen LogP contribution in [-0.2, 0) is 4.79 Å². The van der Waals surface area contributed by atoms with Gasteiger partial charge in [-0.1, -0.05) is 29.8 Å². The topological polar surface area (TPSA) is 71.3 Å². The quantitative estimate of drug-likeness (QED) is 0.675. The summed E-state index contributed by atoms with van der Waals surface area (Å²) >= 11 is 0.